The molecule has 1 spiro atoms. The highest BCUT2D eigenvalue weighted by atomic mass is 35.5. The second-order valence-corrected chi connectivity index (χ2v) is 22.1. The van der Waals surface area contributed by atoms with Crippen molar-refractivity contribution in [1.29, 1.82) is 0 Å². The second kappa shape index (κ2) is 20.3. The summed E-state index contributed by atoms with van der Waals surface area (Å²) in [6.45, 7) is 4.46. The maximum atomic E-state index is 16.5. The van der Waals surface area contributed by atoms with Crippen LogP contribution in [0.1, 0.15) is 110 Å². The van der Waals surface area contributed by atoms with Crippen molar-refractivity contribution in [2.45, 2.75) is 101 Å². The lowest BCUT2D eigenvalue weighted by Gasteiger charge is -2.51. The molecule has 2 atom stereocenters. The van der Waals surface area contributed by atoms with Gasteiger partial charge in [-0.05, 0) is 106 Å². The van der Waals surface area contributed by atoms with Crippen LogP contribution in [0.2, 0.25) is 5.02 Å². The quantitative estimate of drug-likeness (QED) is 0.0840. The summed E-state index contributed by atoms with van der Waals surface area (Å²) in [5, 5.41) is 19.5. The van der Waals surface area contributed by atoms with Gasteiger partial charge in [-0.15, -0.1) is 0 Å². The van der Waals surface area contributed by atoms with Crippen molar-refractivity contribution < 1.29 is 51.3 Å². The summed E-state index contributed by atoms with van der Waals surface area (Å²) in [5.41, 5.74) is 5.42. The number of aryl methyl sites for hydroxylation is 1. The number of imide groups is 1. The maximum Gasteiger partial charge on any atom is 0.329 e. The number of rotatable bonds is 13. The summed E-state index contributed by atoms with van der Waals surface area (Å²) < 4.78 is 78.2. The van der Waals surface area contributed by atoms with Crippen LogP contribution in [-0.2, 0) is 22.2 Å². The van der Waals surface area contributed by atoms with E-state index in [0.717, 1.165) is 50.8 Å². The zero-order chi connectivity index (χ0) is 53.4. The van der Waals surface area contributed by atoms with Crippen LogP contribution in [-0.4, -0.2) is 113 Å². The number of urea groups is 1. The van der Waals surface area contributed by atoms with E-state index in [1.54, 1.807) is 7.05 Å². The first-order chi connectivity index (χ1) is 36.5. The van der Waals surface area contributed by atoms with E-state index in [9.17, 15) is 24.3 Å². The number of aliphatic hydroxyl groups excluding tert-OH is 1. The lowest BCUT2D eigenvalue weighted by atomic mass is 9.64. The number of fused-ring (bicyclic) bond motifs is 2. The number of likely N-dealkylation sites (tertiary alicyclic amines) is 2. The molecule has 5 heterocycles. The van der Waals surface area contributed by atoms with E-state index in [-0.39, 0.29) is 106 Å². The van der Waals surface area contributed by atoms with Crippen molar-refractivity contribution in [3.8, 4) is 22.6 Å². The zero-order valence-corrected chi connectivity index (χ0v) is 43.2. The fourth-order valence-corrected chi connectivity index (χ4v) is 13.7. The molecule has 0 bridgehead atoms. The lowest BCUT2D eigenvalue weighted by Crippen LogP contribution is -2.54. The Labute approximate surface area is 442 Å². The summed E-state index contributed by atoms with van der Waals surface area (Å²) >= 11 is 6.73. The second-order valence-electron chi connectivity index (χ2n) is 21.8. The molecule has 3 saturated heterocycles. The predicted octanol–water partition coefficient (Wildman–Crippen LogP) is 8.17. The standard InChI is InChI=1S/C56H61ClF4N8O7/c1-30-43-41(25-39(59)47(57)46(43)45-36(51(62)72)12-13-40(48(45)60)75-23-22-70)76-56(30,33-6-4-3-5-7-33)28-63-34-10-8-32(9-11-34)53(73)68-21-17-55(29-68)26-35(27-55)67-18-14-31(15-19-67)44-38(58)24-37-50(49(44)61)66(2)65-52(37)69-20-16-42(71)64-54(69)74/h3-7,12-13,24-25,30-32,34-35,63,70H,8-11,14-23,26-29H2,1-2H3,(H2,62,72)(H,64,71,74). The normalized spacial score (nSPS) is 25.9. The third-order valence-corrected chi connectivity index (χ3v) is 17.9. The fourth-order valence-electron chi connectivity index (χ4n) is 13.5. The maximum absolute atomic E-state index is 16.5. The number of nitrogens with one attached hydrogen (secondary N) is 2. The van der Waals surface area contributed by atoms with Crippen LogP contribution in [0, 0.1) is 34.6 Å². The molecule has 15 nitrogen and oxygen atoms in total. The fraction of sp³-hybridized carbons (Fsp3) is 0.482. The number of nitrogens with zero attached hydrogens (tertiary/aromatic N) is 5. The van der Waals surface area contributed by atoms with Crippen LogP contribution in [0.25, 0.3) is 22.0 Å². The lowest BCUT2D eigenvalue weighted by molar-refractivity contribution is -0.136. The van der Waals surface area contributed by atoms with Crippen LogP contribution in [0.3, 0.4) is 0 Å². The highest BCUT2D eigenvalue weighted by Crippen LogP contribution is 2.57. The van der Waals surface area contributed by atoms with E-state index in [1.165, 1.54) is 33.8 Å². The minimum Gasteiger partial charge on any atom is -0.488 e. The van der Waals surface area contributed by atoms with Gasteiger partial charge < -0.3 is 35.4 Å². The first-order valence-electron chi connectivity index (χ1n) is 26.4. The largest absolute Gasteiger partial charge is 0.488 e. The molecule has 5 N–H and O–H groups in total. The molecule has 11 rings (SSSR count). The summed E-state index contributed by atoms with van der Waals surface area (Å²) in [6.07, 6.45) is 7.02. The van der Waals surface area contributed by atoms with Gasteiger partial charge in [0.2, 0.25) is 17.7 Å². The average Bonchev–Trinajstić information content (AvgIpc) is 4.14. The zero-order valence-electron chi connectivity index (χ0n) is 42.4. The summed E-state index contributed by atoms with van der Waals surface area (Å²) in [4.78, 5) is 57.0. The number of piperidine rings is 1. The van der Waals surface area contributed by atoms with E-state index < -0.39 is 64.3 Å². The van der Waals surface area contributed by atoms with E-state index in [1.807, 2.05) is 37.3 Å². The van der Waals surface area contributed by atoms with Crippen molar-refractivity contribution in [3.05, 3.63) is 105 Å². The molecule has 5 fully saturated rings. The Morgan fingerprint density at radius 1 is 0.934 bits per heavy atom. The molecule has 0 radical (unpaired) electrons. The van der Waals surface area contributed by atoms with E-state index in [2.05, 4.69) is 25.5 Å². The first-order valence-corrected chi connectivity index (χ1v) is 26.7. The van der Waals surface area contributed by atoms with E-state index >= 15 is 17.6 Å². The summed E-state index contributed by atoms with van der Waals surface area (Å²) in [7, 11) is 1.56. The molecule has 402 valence electrons. The first kappa shape index (κ1) is 51.8. The van der Waals surface area contributed by atoms with Crippen LogP contribution in [0.4, 0.5) is 28.2 Å². The Balaban J connectivity index is 0.704. The predicted molar refractivity (Wildman–Crippen MR) is 275 cm³/mol. The third kappa shape index (κ3) is 8.93. The number of halogens is 5. The minimum atomic E-state index is -1.13. The third-order valence-electron chi connectivity index (χ3n) is 17.5. The van der Waals surface area contributed by atoms with Crippen LogP contribution < -0.4 is 30.7 Å². The van der Waals surface area contributed by atoms with Gasteiger partial charge >= 0.3 is 6.03 Å². The molecule has 4 aliphatic heterocycles. The number of ether oxygens (including phenoxy) is 2. The Morgan fingerprint density at radius 3 is 2.37 bits per heavy atom. The molecule has 20 heteroatoms. The SMILES string of the molecule is CC1c2c(cc(F)c(Cl)c2-c2c(C(N)=O)ccc(OCCO)c2F)OC1(CNC1CCC(C(=O)N2CCC3(CC(N4CCC(c5c(F)cc6c(N7CCC(=O)NC7=O)nn(C)c6c5F)CC4)C3)C2)CC1)c1ccccc1. The number of nitrogens with two attached hydrogens (primary N) is 1. The number of anilines is 1. The topological polar surface area (TPSA) is 185 Å². The molecule has 4 aromatic carbocycles. The van der Waals surface area contributed by atoms with E-state index in [4.69, 9.17) is 26.8 Å². The van der Waals surface area contributed by atoms with Crippen LogP contribution >= 0.6 is 11.6 Å². The highest BCUT2D eigenvalue weighted by molar-refractivity contribution is 6.34. The van der Waals surface area contributed by atoms with Gasteiger partial charge in [0.25, 0.3) is 0 Å². The number of primary amides is 1. The number of aromatic nitrogens is 2. The Hall–Kier alpha value is -6.28. The van der Waals surface area contributed by atoms with Crippen molar-refractivity contribution in [1.82, 2.24) is 30.2 Å². The number of amides is 5. The van der Waals surface area contributed by atoms with E-state index in [0.29, 0.717) is 50.4 Å². The van der Waals surface area contributed by atoms with Crippen molar-refractivity contribution in [2.75, 3.05) is 57.4 Å². The molecule has 1 aromatic heterocycles. The van der Waals surface area contributed by atoms with Gasteiger partial charge in [0.1, 0.15) is 29.5 Å². The summed E-state index contributed by atoms with van der Waals surface area (Å²) in [6, 6.07) is 14.2. The molecule has 5 amide bonds. The highest BCUT2D eigenvalue weighted by Gasteiger charge is 2.53. The smallest absolute Gasteiger partial charge is 0.329 e. The molecule has 5 aromatic rings. The molecule has 2 aliphatic carbocycles. The monoisotopic (exact) mass is 1070 g/mol. The molecule has 6 aliphatic rings. The number of carbonyl (C=O) groups is 4. The van der Waals surface area contributed by atoms with Gasteiger partial charge in [0.05, 0.1) is 22.6 Å². The van der Waals surface area contributed by atoms with Crippen LogP contribution in [0.5, 0.6) is 11.5 Å². The Kier molecular flexibility index (Phi) is 13.8. The number of aliphatic hydroxyl groups is 1. The molecular formula is C56H61ClF4N8O7. The van der Waals surface area contributed by atoms with Gasteiger partial charge in [-0.1, -0.05) is 48.9 Å². The Bertz CT molecular complexity index is 3140. The number of benzene rings is 4. The Morgan fingerprint density at radius 2 is 1.67 bits per heavy atom. The van der Waals surface area contributed by atoms with Gasteiger partial charge in [-0.3, -0.25) is 29.3 Å². The number of hydrogen-bond acceptors (Lipinski definition) is 10. The van der Waals surface area contributed by atoms with Gasteiger partial charge in [-0.2, -0.15) is 5.10 Å². The number of hydrogen-bond donors (Lipinski definition) is 4. The van der Waals surface area contributed by atoms with Crippen molar-refractivity contribution in [3.63, 3.8) is 0 Å². The van der Waals surface area contributed by atoms with Crippen molar-refractivity contribution in [2.24, 2.45) is 24.1 Å². The molecule has 76 heavy (non-hydrogen) atoms. The van der Waals surface area contributed by atoms with Crippen molar-refractivity contribution >= 4 is 52.1 Å². The van der Waals surface area contributed by atoms with Gasteiger partial charge in [0.15, 0.2) is 28.8 Å². The van der Waals surface area contributed by atoms with Crippen LogP contribution in [0.15, 0.2) is 54.6 Å². The average molecular weight is 1070 g/mol. The molecule has 2 unspecified atom stereocenters. The number of carbonyl (C=O) groups excluding carboxylic acids is 4. The molecule has 2 saturated carbocycles. The molecular weight excluding hydrogens is 1010 g/mol. The minimum absolute atomic E-state index is 0.0340. The van der Waals surface area contributed by atoms with Gasteiger partial charge in [-0.25, -0.2) is 22.4 Å². The van der Waals surface area contributed by atoms with Gasteiger partial charge in [0, 0.05) is 91.9 Å². The summed E-state index contributed by atoms with van der Waals surface area (Å²) in [5.74, 6) is -5.40.